The number of rotatable bonds is 3. The molecule has 0 heterocycles. The summed E-state index contributed by atoms with van der Waals surface area (Å²) < 4.78 is 0. The van der Waals surface area contributed by atoms with Gasteiger partial charge in [-0.05, 0) is 23.6 Å². The van der Waals surface area contributed by atoms with E-state index < -0.39 is 0 Å². The molecular formula is C12H11NO. The van der Waals surface area contributed by atoms with Gasteiger partial charge in [0.2, 0.25) is 6.08 Å². The Bertz CT molecular complexity index is 431. The highest BCUT2D eigenvalue weighted by molar-refractivity contribution is 5.63. The van der Waals surface area contributed by atoms with Crippen LogP contribution in [0.3, 0.4) is 0 Å². The van der Waals surface area contributed by atoms with Crippen molar-refractivity contribution in [2.45, 2.75) is 6.92 Å². The Morgan fingerprint density at radius 2 is 2.43 bits per heavy atom. The van der Waals surface area contributed by atoms with E-state index in [1.807, 2.05) is 6.92 Å². The van der Waals surface area contributed by atoms with E-state index in [2.05, 4.69) is 29.8 Å². The number of hydrogen-bond acceptors (Lipinski definition) is 2. The molecule has 14 heavy (non-hydrogen) atoms. The Morgan fingerprint density at radius 3 is 3.00 bits per heavy atom. The monoisotopic (exact) mass is 185 g/mol. The minimum atomic E-state index is 0.267. The maximum atomic E-state index is 10.0. The minimum absolute atomic E-state index is 0.267. The molecule has 0 fully saturated rings. The second kappa shape index (κ2) is 3.24. The second-order valence-corrected chi connectivity index (χ2v) is 3.61. The Balaban J connectivity index is 2.32. The third-order valence-corrected chi connectivity index (χ3v) is 2.65. The van der Waals surface area contributed by atoms with Gasteiger partial charge in [0.1, 0.15) is 0 Å². The first-order chi connectivity index (χ1) is 6.74. The van der Waals surface area contributed by atoms with E-state index in [4.69, 9.17) is 0 Å². The van der Waals surface area contributed by atoms with Crippen LogP contribution < -0.4 is 0 Å². The van der Waals surface area contributed by atoms with Crippen LogP contribution in [-0.4, -0.2) is 12.6 Å². The summed E-state index contributed by atoms with van der Waals surface area (Å²) in [6, 6.07) is 0. The van der Waals surface area contributed by atoms with Gasteiger partial charge in [0.05, 0.1) is 6.54 Å². The highest BCUT2D eigenvalue weighted by atomic mass is 16.1. The SMILES string of the molecule is C=C(C)C1=C2C=CC(=C1)C2CN=C=O. The van der Waals surface area contributed by atoms with Crippen molar-refractivity contribution in [3.05, 3.63) is 47.1 Å². The highest BCUT2D eigenvalue weighted by Crippen LogP contribution is 2.41. The summed E-state index contributed by atoms with van der Waals surface area (Å²) in [5.74, 6) is 0.267. The van der Waals surface area contributed by atoms with Gasteiger partial charge in [0.25, 0.3) is 0 Å². The standard InChI is InChI=1S/C12H11NO/c1-8(2)11-5-9-3-4-10(11)12(9)6-13-7-14/h3-5,12H,1,6H2,2H3. The molecule has 0 aromatic rings. The van der Waals surface area contributed by atoms with Crippen molar-refractivity contribution in [2.75, 3.05) is 6.54 Å². The van der Waals surface area contributed by atoms with Gasteiger partial charge < -0.3 is 0 Å². The van der Waals surface area contributed by atoms with Crippen LogP contribution in [0.5, 0.6) is 0 Å². The van der Waals surface area contributed by atoms with E-state index in [0.29, 0.717) is 6.54 Å². The van der Waals surface area contributed by atoms with Crippen LogP contribution in [0.15, 0.2) is 52.1 Å². The molecule has 2 bridgehead atoms. The molecule has 0 spiro atoms. The number of fused-ring (bicyclic) bond motifs is 2. The number of allylic oxidation sites excluding steroid dienone is 5. The van der Waals surface area contributed by atoms with Crippen LogP contribution in [0, 0.1) is 5.92 Å². The van der Waals surface area contributed by atoms with E-state index in [1.54, 1.807) is 6.08 Å². The molecule has 0 aromatic carbocycles. The normalized spacial score (nSPS) is 22.4. The quantitative estimate of drug-likeness (QED) is 0.490. The summed E-state index contributed by atoms with van der Waals surface area (Å²) in [4.78, 5) is 13.7. The van der Waals surface area contributed by atoms with Gasteiger partial charge in [-0.3, -0.25) is 0 Å². The van der Waals surface area contributed by atoms with Crippen LogP contribution >= 0.6 is 0 Å². The first-order valence-corrected chi connectivity index (χ1v) is 4.57. The van der Waals surface area contributed by atoms with Crippen LogP contribution in [-0.2, 0) is 4.79 Å². The lowest BCUT2D eigenvalue weighted by molar-refractivity contribution is 0.561. The zero-order valence-electron chi connectivity index (χ0n) is 8.08. The molecule has 2 rings (SSSR count). The molecule has 2 heteroatoms. The van der Waals surface area contributed by atoms with Crippen molar-refractivity contribution in [2.24, 2.45) is 10.9 Å². The molecule has 2 aliphatic carbocycles. The van der Waals surface area contributed by atoms with E-state index in [9.17, 15) is 4.79 Å². The average Bonchev–Trinajstić information content (AvgIpc) is 2.71. The Hall–Kier alpha value is -1.66. The van der Waals surface area contributed by atoms with Gasteiger partial charge >= 0.3 is 0 Å². The van der Waals surface area contributed by atoms with E-state index in [0.717, 1.165) is 5.57 Å². The van der Waals surface area contributed by atoms with Gasteiger partial charge in [0, 0.05) is 5.92 Å². The lowest BCUT2D eigenvalue weighted by Gasteiger charge is -2.06. The third-order valence-electron chi connectivity index (χ3n) is 2.65. The van der Waals surface area contributed by atoms with E-state index in [1.165, 1.54) is 16.7 Å². The zero-order valence-corrected chi connectivity index (χ0v) is 8.08. The van der Waals surface area contributed by atoms with Crippen molar-refractivity contribution >= 4 is 6.08 Å². The predicted molar refractivity (Wildman–Crippen MR) is 55.5 cm³/mol. The molecule has 70 valence electrons. The van der Waals surface area contributed by atoms with Crippen molar-refractivity contribution in [1.82, 2.24) is 0 Å². The molecule has 2 aliphatic rings. The molecular weight excluding hydrogens is 174 g/mol. The predicted octanol–water partition coefficient (Wildman–Crippen LogP) is 2.32. The summed E-state index contributed by atoms with van der Waals surface area (Å²) in [6.07, 6.45) is 7.87. The van der Waals surface area contributed by atoms with E-state index >= 15 is 0 Å². The van der Waals surface area contributed by atoms with Crippen LogP contribution in [0.2, 0.25) is 0 Å². The topological polar surface area (TPSA) is 29.4 Å². The Morgan fingerprint density at radius 1 is 1.64 bits per heavy atom. The first-order valence-electron chi connectivity index (χ1n) is 4.57. The molecule has 0 saturated heterocycles. The first kappa shape index (κ1) is 8.92. The van der Waals surface area contributed by atoms with Crippen molar-refractivity contribution in [1.29, 1.82) is 0 Å². The number of isocyanates is 1. The molecule has 0 radical (unpaired) electrons. The molecule has 0 N–H and O–H groups in total. The smallest absolute Gasteiger partial charge is 0.211 e. The zero-order chi connectivity index (χ0) is 10.1. The van der Waals surface area contributed by atoms with Crippen LogP contribution in [0.25, 0.3) is 0 Å². The summed E-state index contributed by atoms with van der Waals surface area (Å²) in [7, 11) is 0. The molecule has 0 aliphatic heterocycles. The van der Waals surface area contributed by atoms with Crippen LogP contribution in [0.1, 0.15) is 6.92 Å². The summed E-state index contributed by atoms with van der Waals surface area (Å²) in [6.45, 7) is 6.43. The summed E-state index contributed by atoms with van der Waals surface area (Å²) in [5.41, 5.74) is 4.75. The number of nitrogens with zero attached hydrogens (tertiary/aromatic N) is 1. The number of hydrogen-bond donors (Lipinski definition) is 0. The molecule has 0 aromatic heterocycles. The fraction of sp³-hybridized carbons (Fsp3) is 0.250. The summed E-state index contributed by atoms with van der Waals surface area (Å²) >= 11 is 0. The highest BCUT2D eigenvalue weighted by Gasteiger charge is 2.28. The molecule has 0 saturated carbocycles. The lowest BCUT2D eigenvalue weighted by atomic mass is 10.00. The maximum absolute atomic E-state index is 10.0. The fourth-order valence-electron chi connectivity index (χ4n) is 1.98. The Labute approximate surface area is 83.0 Å². The molecule has 2 nitrogen and oxygen atoms in total. The third kappa shape index (κ3) is 1.21. The number of aliphatic imine (C=N–C) groups is 1. The van der Waals surface area contributed by atoms with Gasteiger partial charge in [-0.2, -0.15) is 0 Å². The maximum Gasteiger partial charge on any atom is 0.234 e. The van der Waals surface area contributed by atoms with E-state index in [-0.39, 0.29) is 5.92 Å². The summed E-state index contributed by atoms with van der Waals surface area (Å²) in [5, 5.41) is 0. The number of carbonyl (C=O) groups excluding carboxylic acids is 1. The second-order valence-electron chi connectivity index (χ2n) is 3.61. The minimum Gasteiger partial charge on any atom is -0.211 e. The van der Waals surface area contributed by atoms with Crippen molar-refractivity contribution in [3.63, 3.8) is 0 Å². The Kier molecular flexibility index (Phi) is 2.06. The lowest BCUT2D eigenvalue weighted by Crippen LogP contribution is -2.01. The van der Waals surface area contributed by atoms with Crippen molar-refractivity contribution < 1.29 is 4.79 Å². The van der Waals surface area contributed by atoms with Crippen LogP contribution in [0.4, 0.5) is 0 Å². The fourth-order valence-corrected chi connectivity index (χ4v) is 1.98. The average molecular weight is 185 g/mol. The van der Waals surface area contributed by atoms with Gasteiger partial charge in [-0.1, -0.05) is 30.4 Å². The van der Waals surface area contributed by atoms with Gasteiger partial charge in [0.15, 0.2) is 0 Å². The largest absolute Gasteiger partial charge is 0.234 e. The molecule has 1 unspecified atom stereocenters. The molecule has 0 amide bonds. The van der Waals surface area contributed by atoms with Gasteiger partial charge in [-0.15, -0.1) is 0 Å². The molecule has 1 atom stereocenters. The van der Waals surface area contributed by atoms with Crippen molar-refractivity contribution in [3.8, 4) is 0 Å². The van der Waals surface area contributed by atoms with Gasteiger partial charge in [-0.25, -0.2) is 9.79 Å².